The van der Waals surface area contributed by atoms with Crippen LogP contribution in [0.15, 0.2) is 30.3 Å². The van der Waals surface area contributed by atoms with Crippen LogP contribution >= 0.6 is 0 Å². The first-order chi connectivity index (χ1) is 11.0. The van der Waals surface area contributed by atoms with Crippen molar-refractivity contribution in [2.75, 3.05) is 6.54 Å². The highest BCUT2D eigenvalue weighted by Gasteiger charge is 2.34. The number of amides is 3. The predicted molar refractivity (Wildman–Crippen MR) is 78.8 cm³/mol. The SMILES string of the molecule is C[C@@H]1C[C@@H](OC(=O)NC(=O)OCc2ccccc2)CN1C(=O)O. The number of carbonyl (C=O) groups excluding carboxylic acids is 2. The zero-order valence-electron chi connectivity index (χ0n) is 12.6. The van der Waals surface area contributed by atoms with Crippen LogP contribution in [0, 0.1) is 0 Å². The summed E-state index contributed by atoms with van der Waals surface area (Å²) in [5, 5.41) is 10.9. The molecule has 3 amide bonds. The normalized spacial score (nSPS) is 20.0. The zero-order chi connectivity index (χ0) is 16.8. The summed E-state index contributed by atoms with van der Waals surface area (Å²) in [6.45, 7) is 1.85. The molecule has 1 aromatic carbocycles. The number of imide groups is 1. The number of hydrogen-bond acceptors (Lipinski definition) is 5. The second-order valence-electron chi connectivity index (χ2n) is 5.23. The number of carboxylic acid groups (broad SMARTS) is 1. The van der Waals surface area contributed by atoms with E-state index in [2.05, 4.69) is 0 Å². The van der Waals surface area contributed by atoms with Crippen LogP contribution in [0.2, 0.25) is 0 Å². The second-order valence-corrected chi connectivity index (χ2v) is 5.23. The second kappa shape index (κ2) is 7.48. The van der Waals surface area contributed by atoms with Gasteiger partial charge in [0.2, 0.25) is 0 Å². The molecule has 0 bridgehead atoms. The third-order valence-electron chi connectivity index (χ3n) is 3.47. The number of nitrogens with one attached hydrogen (secondary N) is 1. The Balaban J connectivity index is 1.72. The van der Waals surface area contributed by atoms with Crippen molar-refractivity contribution in [2.45, 2.75) is 32.1 Å². The van der Waals surface area contributed by atoms with Crippen LogP contribution in [0.4, 0.5) is 14.4 Å². The van der Waals surface area contributed by atoms with E-state index in [9.17, 15) is 14.4 Å². The zero-order valence-corrected chi connectivity index (χ0v) is 12.6. The summed E-state index contributed by atoms with van der Waals surface area (Å²) in [5.74, 6) is 0. The first-order valence-corrected chi connectivity index (χ1v) is 7.13. The van der Waals surface area contributed by atoms with Gasteiger partial charge in [-0.25, -0.2) is 19.7 Å². The molecular weight excluding hydrogens is 304 g/mol. The molecule has 8 nitrogen and oxygen atoms in total. The van der Waals surface area contributed by atoms with Crippen molar-refractivity contribution in [2.24, 2.45) is 0 Å². The fraction of sp³-hybridized carbons (Fsp3) is 0.400. The summed E-state index contributed by atoms with van der Waals surface area (Å²) in [4.78, 5) is 35.2. The highest BCUT2D eigenvalue weighted by atomic mass is 16.6. The van der Waals surface area contributed by atoms with Crippen molar-refractivity contribution >= 4 is 18.3 Å². The molecule has 124 valence electrons. The molecule has 23 heavy (non-hydrogen) atoms. The highest BCUT2D eigenvalue weighted by molar-refractivity contribution is 5.87. The summed E-state index contributed by atoms with van der Waals surface area (Å²) in [7, 11) is 0. The average molecular weight is 322 g/mol. The maximum Gasteiger partial charge on any atom is 0.416 e. The third-order valence-corrected chi connectivity index (χ3v) is 3.47. The lowest BCUT2D eigenvalue weighted by Gasteiger charge is -2.16. The van der Waals surface area contributed by atoms with Crippen LogP contribution in [0.25, 0.3) is 0 Å². The number of likely N-dealkylation sites (tertiary alicyclic amines) is 1. The van der Waals surface area contributed by atoms with Gasteiger partial charge in [0.15, 0.2) is 0 Å². The molecule has 1 saturated heterocycles. The lowest BCUT2D eigenvalue weighted by Crippen LogP contribution is -2.36. The number of nitrogens with zero attached hydrogens (tertiary/aromatic N) is 1. The van der Waals surface area contributed by atoms with Crippen molar-refractivity contribution in [3.8, 4) is 0 Å². The Morgan fingerprint density at radius 3 is 2.57 bits per heavy atom. The van der Waals surface area contributed by atoms with Gasteiger partial charge >= 0.3 is 18.3 Å². The molecule has 0 saturated carbocycles. The van der Waals surface area contributed by atoms with Gasteiger partial charge in [-0.05, 0) is 12.5 Å². The van der Waals surface area contributed by atoms with Gasteiger partial charge in [0, 0.05) is 12.5 Å². The Kier molecular flexibility index (Phi) is 5.40. The van der Waals surface area contributed by atoms with Crippen LogP contribution < -0.4 is 5.32 Å². The van der Waals surface area contributed by atoms with Crippen molar-refractivity contribution in [1.82, 2.24) is 10.2 Å². The molecule has 0 radical (unpaired) electrons. The number of ether oxygens (including phenoxy) is 2. The Hall–Kier alpha value is -2.77. The topological polar surface area (TPSA) is 105 Å². The Morgan fingerprint density at radius 2 is 1.96 bits per heavy atom. The van der Waals surface area contributed by atoms with E-state index in [0.717, 1.165) is 5.56 Å². The molecule has 0 unspecified atom stereocenters. The van der Waals surface area contributed by atoms with Crippen molar-refractivity contribution in [1.29, 1.82) is 0 Å². The van der Waals surface area contributed by atoms with Gasteiger partial charge in [-0.3, -0.25) is 0 Å². The summed E-state index contributed by atoms with van der Waals surface area (Å²) < 4.78 is 9.92. The lowest BCUT2D eigenvalue weighted by molar-refractivity contribution is 0.0903. The Bertz CT molecular complexity index is 577. The molecule has 1 heterocycles. The summed E-state index contributed by atoms with van der Waals surface area (Å²) >= 11 is 0. The average Bonchev–Trinajstić information content (AvgIpc) is 2.86. The minimum Gasteiger partial charge on any atom is -0.465 e. The van der Waals surface area contributed by atoms with Crippen LogP contribution in [0.5, 0.6) is 0 Å². The van der Waals surface area contributed by atoms with E-state index in [1.54, 1.807) is 31.2 Å². The first kappa shape index (κ1) is 16.6. The monoisotopic (exact) mass is 322 g/mol. The molecule has 1 aliphatic rings. The molecule has 1 aromatic rings. The maximum atomic E-state index is 11.6. The molecule has 0 spiro atoms. The van der Waals surface area contributed by atoms with Crippen molar-refractivity contribution in [3.63, 3.8) is 0 Å². The van der Waals surface area contributed by atoms with Crippen LogP contribution in [-0.4, -0.2) is 47.0 Å². The third kappa shape index (κ3) is 4.87. The van der Waals surface area contributed by atoms with E-state index in [1.807, 2.05) is 11.4 Å². The molecule has 1 aliphatic heterocycles. The van der Waals surface area contributed by atoms with E-state index in [0.29, 0.717) is 6.42 Å². The molecule has 2 atom stereocenters. The summed E-state index contributed by atoms with van der Waals surface area (Å²) in [6.07, 6.45) is -3.12. The van der Waals surface area contributed by atoms with Crippen LogP contribution in [0.1, 0.15) is 18.9 Å². The highest BCUT2D eigenvalue weighted by Crippen LogP contribution is 2.19. The van der Waals surface area contributed by atoms with Gasteiger partial charge in [-0.1, -0.05) is 30.3 Å². The van der Waals surface area contributed by atoms with Crippen LogP contribution in [-0.2, 0) is 16.1 Å². The lowest BCUT2D eigenvalue weighted by atomic mass is 10.2. The molecule has 8 heteroatoms. The number of hydrogen-bond donors (Lipinski definition) is 2. The quantitative estimate of drug-likeness (QED) is 0.883. The number of benzene rings is 1. The fourth-order valence-electron chi connectivity index (χ4n) is 2.36. The van der Waals surface area contributed by atoms with Gasteiger partial charge in [0.25, 0.3) is 0 Å². The smallest absolute Gasteiger partial charge is 0.416 e. The van der Waals surface area contributed by atoms with E-state index in [4.69, 9.17) is 14.6 Å². The maximum absolute atomic E-state index is 11.6. The predicted octanol–water partition coefficient (Wildman–Crippen LogP) is 2.19. The summed E-state index contributed by atoms with van der Waals surface area (Å²) in [6, 6.07) is 8.78. The number of rotatable bonds is 3. The molecular formula is C15H18N2O6. The van der Waals surface area contributed by atoms with Gasteiger partial charge in [0.05, 0.1) is 6.54 Å². The van der Waals surface area contributed by atoms with Gasteiger partial charge < -0.3 is 19.5 Å². The van der Waals surface area contributed by atoms with Crippen molar-refractivity contribution in [3.05, 3.63) is 35.9 Å². The molecule has 1 fully saturated rings. The van der Waals surface area contributed by atoms with Crippen LogP contribution in [0.3, 0.4) is 0 Å². The van der Waals surface area contributed by atoms with Gasteiger partial charge in [-0.2, -0.15) is 0 Å². The summed E-state index contributed by atoms with van der Waals surface area (Å²) in [5.41, 5.74) is 0.790. The Labute approximate surface area is 133 Å². The number of alkyl carbamates (subject to hydrolysis) is 2. The molecule has 0 aromatic heterocycles. The molecule has 2 rings (SSSR count). The molecule has 0 aliphatic carbocycles. The Morgan fingerprint density at radius 1 is 1.26 bits per heavy atom. The largest absolute Gasteiger partial charge is 0.465 e. The van der Waals surface area contributed by atoms with E-state index < -0.39 is 24.4 Å². The van der Waals surface area contributed by atoms with E-state index >= 15 is 0 Å². The standard InChI is InChI=1S/C15H18N2O6/c1-10-7-12(8-17(10)15(20)21)23-14(19)16-13(18)22-9-11-5-3-2-4-6-11/h2-6,10,12H,7-9H2,1H3,(H,20,21)(H,16,18,19)/t10-,12-/m1/s1. The van der Waals surface area contributed by atoms with E-state index in [1.165, 1.54) is 4.90 Å². The fourth-order valence-corrected chi connectivity index (χ4v) is 2.36. The van der Waals surface area contributed by atoms with Crippen molar-refractivity contribution < 1.29 is 29.0 Å². The van der Waals surface area contributed by atoms with Gasteiger partial charge in [0.1, 0.15) is 12.7 Å². The minimum atomic E-state index is -1.06. The first-order valence-electron chi connectivity index (χ1n) is 7.13. The minimum absolute atomic E-state index is 0.0349. The number of carbonyl (C=O) groups is 3. The molecule has 2 N–H and O–H groups in total. The van der Waals surface area contributed by atoms with Gasteiger partial charge in [-0.15, -0.1) is 0 Å². The van der Waals surface area contributed by atoms with E-state index in [-0.39, 0.29) is 19.2 Å².